The summed E-state index contributed by atoms with van der Waals surface area (Å²) in [7, 11) is 3.15. The number of anilines is 4. The second kappa shape index (κ2) is 10.1. The molecule has 0 saturated carbocycles. The van der Waals surface area contributed by atoms with Gasteiger partial charge in [-0.3, -0.25) is 0 Å². The highest BCUT2D eigenvalue weighted by molar-refractivity contribution is 5.66. The Kier molecular flexibility index (Phi) is 6.66. The summed E-state index contributed by atoms with van der Waals surface area (Å²) in [6, 6.07) is 13.3. The van der Waals surface area contributed by atoms with Gasteiger partial charge in [0.05, 0.1) is 5.69 Å². The number of alkyl halides is 2. The molecule has 0 aliphatic carbocycles. The van der Waals surface area contributed by atoms with Crippen molar-refractivity contribution in [3.8, 4) is 22.6 Å². The molecule has 1 aromatic carbocycles. The number of pyridine rings is 1. The number of piperidine rings is 1. The predicted molar refractivity (Wildman–Crippen MR) is 137 cm³/mol. The highest BCUT2D eigenvalue weighted by Gasteiger charge is 2.43. The Morgan fingerprint density at radius 2 is 1.73 bits per heavy atom. The summed E-state index contributed by atoms with van der Waals surface area (Å²) in [6.45, 7) is 0.896. The Balaban J connectivity index is 1.25. The van der Waals surface area contributed by atoms with E-state index >= 15 is 0 Å². The first kappa shape index (κ1) is 24.5. The zero-order chi connectivity index (χ0) is 26.0. The van der Waals surface area contributed by atoms with Gasteiger partial charge < -0.3 is 20.7 Å². The molecule has 37 heavy (non-hydrogen) atoms. The number of methoxy groups -OCH3 is 1. The Hall–Kier alpha value is -4.19. The van der Waals surface area contributed by atoms with Gasteiger partial charge >= 0.3 is 0 Å². The van der Waals surface area contributed by atoms with Gasteiger partial charge in [-0.1, -0.05) is 12.1 Å². The molecule has 1 fully saturated rings. The molecule has 3 N–H and O–H groups in total. The normalized spacial score (nSPS) is 15.2. The summed E-state index contributed by atoms with van der Waals surface area (Å²) in [5, 5.41) is 7.77. The van der Waals surface area contributed by atoms with E-state index in [0.29, 0.717) is 24.9 Å². The summed E-state index contributed by atoms with van der Waals surface area (Å²) in [6.07, 6.45) is 1.30. The Morgan fingerprint density at radius 3 is 2.35 bits per heavy atom. The first-order valence-electron chi connectivity index (χ1n) is 11.8. The van der Waals surface area contributed by atoms with Gasteiger partial charge in [0.25, 0.3) is 6.43 Å². The second-order valence-corrected chi connectivity index (χ2v) is 8.85. The molecule has 3 aromatic heterocycles. The molecule has 10 nitrogen and oxygen atoms in total. The van der Waals surface area contributed by atoms with Crippen molar-refractivity contribution in [2.24, 2.45) is 7.05 Å². The van der Waals surface area contributed by atoms with E-state index in [2.05, 4.69) is 30.4 Å². The minimum atomic E-state index is -2.51. The molecule has 0 radical (unpaired) electrons. The van der Waals surface area contributed by atoms with E-state index in [1.54, 1.807) is 30.2 Å². The predicted octanol–water partition coefficient (Wildman–Crippen LogP) is 3.91. The van der Waals surface area contributed by atoms with E-state index < -0.39 is 12.0 Å². The molecule has 0 atom stereocenters. The van der Waals surface area contributed by atoms with Crippen LogP contribution in [0.1, 0.15) is 12.8 Å². The van der Waals surface area contributed by atoms with Gasteiger partial charge in [-0.2, -0.15) is 4.98 Å². The van der Waals surface area contributed by atoms with E-state index in [4.69, 9.17) is 10.5 Å². The van der Waals surface area contributed by atoms with Crippen LogP contribution < -0.4 is 16.0 Å². The average Bonchev–Trinajstić information content (AvgIpc) is 3.29. The number of nitrogens with two attached hydrogens (primary N) is 1. The number of aromatic nitrogens is 6. The van der Waals surface area contributed by atoms with Crippen LogP contribution in [-0.4, -0.2) is 61.9 Å². The molecule has 1 aliphatic rings. The first-order valence-corrected chi connectivity index (χ1v) is 11.8. The van der Waals surface area contributed by atoms with E-state index in [1.807, 2.05) is 41.3 Å². The quantitative estimate of drug-likeness (QED) is 0.384. The topological polar surface area (TPSA) is 120 Å². The van der Waals surface area contributed by atoms with Crippen molar-refractivity contribution in [2.45, 2.75) is 24.9 Å². The summed E-state index contributed by atoms with van der Waals surface area (Å²) in [5.74, 6) is 2.04. The molecule has 0 spiro atoms. The maximum atomic E-state index is 13.4. The van der Waals surface area contributed by atoms with Gasteiger partial charge in [0.15, 0.2) is 5.82 Å². The zero-order valence-electron chi connectivity index (χ0n) is 20.5. The third-order valence-electron chi connectivity index (χ3n) is 6.62. The number of hydrogen-bond donors (Lipinski definition) is 2. The van der Waals surface area contributed by atoms with E-state index in [9.17, 15) is 8.78 Å². The van der Waals surface area contributed by atoms with Crippen molar-refractivity contribution in [1.82, 2.24) is 29.7 Å². The molecule has 192 valence electrons. The zero-order valence-corrected chi connectivity index (χ0v) is 20.5. The summed E-state index contributed by atoms with van der Waals surface area (Å²) < 4.78 is 33.7. The van der Waals surface area contributed by atoms with Crippen LogP contribution in [0.25, 0.3) is 22.6 Å². The number of rotatable bonds is 7. The van der Waals surface area contributed by atoms with Crippen LogP contribution in [0.2, 0.25) is 0 Å². The number of benzene rings is 1. The molecule has 4 aromatic rings. The van der Waals surface area contributed by atoms with Crippen LogP contribution in [0, 0.1) is 0 Å². The molecule has 1 aliphatic heterocycles. The van der Waals surface area contributed by atoms with Crippen molar-refractivity contribution in [2.75, 3.05) is 36.1 Å². The van der Waals surface area contributed by atoms with Gasteiger partial charge in [0, 0.05) is 56.5 Å². The molecule has 0 unspecified atom stereocenters. The fraction of sp³-hybridized carbons (Fsp3) is 0.320. The fourth-order valence-electron chi connectivity index (χ4n) is 4.33. The monoisotopic (exact) mass is 507 g/mol. The highest BCUT2D eigenvalue weighted by atomic mass is 19.3. The lowest BCUT2D eigenvalue weighted by Gasteiger charge is -2.40. The number of nitrogens with zero attached hydrogens (tertiary/aromatic N) is 7. The Bertz CT molecular complexity index is 1350. The molecular formula is C25H27F2N9O. The Labute approximate surface area is 212 Å². The third kappa shape index (κ3) is 5.05. The van der Waals surface area contributed by atoms with Gasteiger partial charge in [-0.05, 0) is 43.2 Å². The number of aryl methyl sites for hydroxylation is 1. The van der Waals surface area contributed by atoms with Crippen molar-refractivity contribution in [3.63, 3.8) is 0 Å². The smallest absolute Gasteiger partial charge is 0.267 e. The molecule has 4 heterocycles. The molecule has 12 heteroatoms. The largest absolute Gasteiger partial charge is 0.372 e. The number of nitrogens with one attached hydrogen (secondary N) is 1. The number of halogens is 2. The highest BCUT2D eigenvalue weighted by Crippen LogP contribution is 2.33. The van der Waals surface area contributed by atoms with E-state index in [0.717, 1.165) is 28.3 Å². The second-order valence-electron chi connectivity index (χ2n) is 8.85. The molecule has 5 rings (SSSR count). The lowest BCUT2D eigenvalue weighted by atomic mass is 9.91. The number of nitrogen functional groups attached to an aromatic ring is 1. The minimum absolute atomic E-state index is 0.227. The van der Waals surface area contributed by atoms with Gasteiger partial charge in [0.1, 0.15) is 11.4 Å². The van der Waals surface area contributed by atoms with Crippen LogP contribution in [0.5, 0.6) is 0 Å². The summed E-state index contributed by atoms with van der Waals surface area (Å²) in [5.41, 5.74) is 7.55. The molecule has 0 amide bonds. The Morgan fingerprint density at radius 1 is 1.00 bits per heavy atom. The number of hydrogen-bond acceptors (Lipinski definition) is 9. The summed E-state index contributed by atoms with van der Waals surface area (Å²) >= 11 is 0. The first-order chi connectivity index (χ1) is 17.9. The standard InChI is InChI=1S/C25H27F2N9O/c1-35-24(31-18-6-3-16(4-7-18)19-9-12-29-23(28)32-19)33-21(34-35)17-5-8-20(30-15-17)36-13-10-25(37-2,11-14-36)22(26)27/h3-9,12,15,22H,10-11,13-14H2,1-2H3,(H2,28,29,32)(H,31,33,34). The van der Waals surface area contributed by atoms with Crippen LogP contribution in [-0.2, 0) is 11.8 Å². The van der Waals surface area contributed by atoms with Gasteiger partial charge in [-0.15, -0.1) is 5.10 Å². The SMILES string of the molecule is COC1(C(F)F)CCN(c2ccc(-c3nc(Nc4ccc(-c5ccnc(N)n5)cc4)n(C)n3)cn2)CC1. The van der Waals surface area contributed by atoms with Crippen molar-refractivity contribution >= 4 is 23.4 Å². The van der Waals surface area contributed by atoms with Gasteiger partial charge in [0.2, 0.25) is 11.9 Å². The summed E-state index contributed by atoms with van der Waals surface area (Å²) in [4.78, 5) is 19.3. The minimum Gasteiger partial charge on any atom is -0.372 e. The van der Waals surface area contributed by atoms with E-state index in [-0.39, 0.29) is 18.8 Å². The average molecular weight is 508 g/mol. The van der Waals surface area contributed by atoms with Crippen LogP contribution in [0.15, 0.2) is 54.9 Å². The van der Waals surface area contributed by atoms with Crippen LogP contribution in [0.4, 0.5) is 32.2 Å². The maximum absolute atomic E-state index is 13.4. The molecule has 0 bridgehead atoms. The van der Waals surface area contributed by atoms with Crippen molar-refractivity contribution in [1.29, 1.82) is 0 Å². The lowest BCUT2D eigenvalue weighted by molar-refractivity contribution is -0.133. The van der Waals surface area contributed by atoms with Crippen LogP contribution in [0.3, 0.4) is 0 Å². The maximum Gasteiger partial charge on any atom is 0.267 e. The number of ether oxygens (including phenoxy) is 1. The molecule has 1 saturated heterocycles. The van der Waals surface area contributed by atoms with Crippen LogP contribution >= 0.6 is 0 Å². The lowest BCUT2D eigenvalue weighted by Crippen LogP contribution is -2.50. The van der Waals surface area contributed by atoms with Gasteiger partial charge in [-0.25, -0.2) is 28.4 Å². The third-order valence-corrected chi connectivity index (χ3v) is 6.62. The van der Waals surface area contributed by atoms with E-state index in [1.165, 1.54) is 7.11 Å². The molecular weight excluding hydrogens is 480 g/mol. The van der Waals surface area contributed by atoms with Crippen molar-refractivity contribution < 1.29 is 13.5 Å². The van der Waals surface area contributed by atoms with Crippen molar-refractivity contribution in [3.05, 3.63) is 54.9 Å². The fourth-order valence-corrected chi connectivity index (χ4v) is 4.33.